The van der Waals surface area contributed by atoms with E-state index in [0.29, 0.717) is 18.1 Å². The minimum atomic E-state index is -1.14. The zero-order valence-corrected chi connectivity index (χ0v) is 14.2. The molecule has 3 fully saturated rings. The number of urea groups is 1. The molecule has 0 spiro atoms. The van der Waals surface area contributed by atoms with Crippen molar-refractivity contribution in [2.24, 2.45) is 0 Å². The van der Waals surface area contributed by atoms with Crippen molar-refractivity contribution in [1.29, 1.82) is 5.41 Å². The number of fused-ring (bicyclic) bond motifs is 1. The number of nitrogens with zero attached hydrogens (tertiary/aromatic N) is 1. The summed E-state index contributed by atoms with van der Waals surface area (Å²) in [5.74, 6) is -1.24. The second kappa shape index (κ2) is 8.30. The summed E-state index contributed by atoms with van der Waals surface area (Å²) < 4.78 is 0. The van der Waals surface area contributed by atoms with E-state index in [1.54, 1.807) is 11.8 Å². The summed E-state index contributed by atoms with van der Waals surface area (Å²) >= 11 is 1.80. The highest BCUT2D eigenvalue weighted by Gasteiger charge is 2.42. The predicted molar refractivity (Wildman–Crippen MR) is 87.6 cm³/mol. The van der Waals surface area contributed by atoms with Gasteiger partial charge in [0.1, 0.15) is 5.71 Å². The molecule has 4 amide bonds. The van der Waals surface area contributed by atoms with Crippen LogP contribution in [0.3, 0.4) is 0 Å². The first-order valence-electron chi connectivity index (χ1n) is 7.83. The van der Waals surface area contributed by atoms with Crippen LogP contribution in [-0.4, -0.2) is 68.0 Å². The van der Waals surface area contributed by atoms with Crippen molar-refractivity contribution in [3.63, 3.8) is 0 Å². The summed E-state index contributed by atoms with van der Waals surface area (Å²) in [6.45, 7) is 0. The van der Waals surface area contributed by atoms with Crippen LogP contribution in [0.5, 0.6) is 0 Å². The van der Waals surface area contributed by atoms with Gasteiger partial charge in [-0.3, -0.25) is 20.2 Å². The fourth-order valence-electron chi connectivity index (χ4n) is 2.79. The van der Waals surface area contributed by atoms with Crippen molar-refractivity contribution < 1.29 is 29.5 Å². The van der Waals surface area contributed by atoms with Crippen molar-refractivity contribution in [3.05, 3.63) is 0 Å². The van der Waals surface area contributed by atoms with E-state index in [-0.39, 0.29) is 41.7 Å². The van der Waals surface area contributed by atoms with E-state index in [4.69, 9.17) is 15.7 Å². The van der Waals surface area contributed by atoms with Crippen LogP contribution in [0.4, 0.5) is 4.79 Å². The van der Waals surface area contributed by atoms with Gasteiger partial charge in [0.15, 0.2) is 0 Å². The quantitative estimate of drug-likeness (QED) is 0.196. The molecule has 0 aromatic rings. The molecule has 0 aromatic carbocycles. The molecule has 10 nitrogen and oxygen atoms in total. The standard InChI is InChI=1S/C10H15N3O3S.C4H5NO3/c11-5(9(14)15)2-1-3-7-8-6(4-17-7)12-10(16)13-8;6-3-1-2-4(7)5(3)8/h6-8,11H,1-4H2,(H,14,15)(H2,12,13,16);8H,1-2H2/t6-,7-,8-;/m0./s1. The van der Waals surface area contributed by atoms with E-state index in [2.05, 4.69) is 10.6 Å². The number of carboxylic acids is 1. The Morgan fingerprint density at radius 3 is 2.40 bits per heavy atom. The van der Waals surface area contributed by atoms with Crippen LogP contribution in [-0.2, 0) is 14.4 Å². The van der Waals surface area contributed by atoms with E-state index in [1.807, 2.05) is 0 Å². The van der Waals surface area contributed by atoms with E-state index in [1.165, 1.54) is 0 Å². The number of aliphatic carboxylic acids is 1. The molecule has 0 saturated carbocycles. The van der Waals surface area contributed by atoms with Gasteiger partial charge in [0, 0.05) is 23.8 Å². The summed E-state index contributed by atoms with van der Waals surface area (Å²) in [7, 11) is 0. The largest absolute Gasteiger partial charge is 0.477 e. The Kier molecular flexibility index (Phi) is 6.37. The number of hydrogen-bond acceptors (Lipinski definition) is 7. The van der Waals surface area contributed by atoms with E-state index in [0.717, 1.165) is 12.2 Å². The highest BCUT2D eigenvalue weighted by atomic mass is 32.2. The molecular formula is C14H20N4O6S. The third kappa shape index (κ3) is 4.92. The lowest BCUT2D eigenvalue weighted by atomic mass is 10.0. The first-order valence-corrected chi connectivity index (χ1v) is 8.88. The summed E-state index contributed by atoms with van der Waals surface area (Å²) in [5.41, 5.74) is -0.238. The minimum Gasteiger partial charge on any atom is -0.477 e. The molecule has 0 aliphatic carbocycles. The Labute approximate surface area is 147 Å². The number of carbonyl (C=O) groups is 4. The lowest BCUT2D eigenvalue weighted by molar-refractivity contribution is -0.171. The van der Waals surface area contributed by atoms with E-state index >= 15 is 0 Å². The van der Waals surface area contributed by atoms with Gasteiger partial charge in [0.25, 0.3) is 11.8 Å². The molecule has 0 radical (unpaired) electrons. The first kappa shape index (κ1) is 19.2. The Morgan fingerprint density at radius 1 is 1.24 bits per heavy atom. The smallest absolute Gasteiger partial charge is 0.349 e. The second-order valence-electron chi connectivity index (χ2n) is 5.90. The Bertz CT molecular complexity index is 582. The van der Waals surface area contributed by atoms with Gasteiger partial charge in [-0.25, -0.2) is 9.59 Å². The number of hydroxylamine groups is 2. The van der Waals surface area contributed by atoms with E-state index in [9.17, 15) is 19.2 Å². The second-order valence-corrected chi connectivity index (χ2v) is 7.17. The lowest BCUT2D eigenvalue weighted by Crippen LogP contribution is -2.36. The molecule has 0 bridgehead atoms. The van der Waals surface area contributed by atoms with Crippen LogP contribution in [0, 0.1) is 5.41 Å². The van der Waals surface area contributed by atoms with Crippen LogP contribution < -0.4 is 10.6 Å². The zero-order valence-electron chi connectivity index (χ0n) is 13.4. The van der Waals surface area contributed by atoms with Gasteiger partial charge < -0.3 is 15.7 Å². The average Bonchev–Trinajstić information content (AvgIpc) is 3.19. The number of imide groups is 1. The number of thioether (sulfide) groups is 1. The maximum atomic E-state index is 11.1. The minimum absolute atomic E-state index is 0.108. The average molecular weight is 372 g/mol. The monoisotopic (exact) mass is 372 g/mol. The number of carbonyl (C=O) groups excluding carboxylic acids is 3. The highest BCUT2D eigenvalue weighted by molar-refractivity contribution is 8.00. The van der Waals surface area contributed by atoms with Gasteiger partial charge in [-0.2, -0.15) is 16.8 Å². The molecule has 3 atom stereocenters. The Morgan fingerprint density at radius 2 is 1.88 bits per heavy atom. The fourth-order valence-corrected chi connectivity index (χ4v) is 4.34. The van der Waals surface area contributed by atoms with Crippen LogP contribution in [0.25, 0.3) is 0 Å². The molecule has 11 heteroatoms. The topological polar surface area (TPSA) is 160 Å². The van der Waals surface area contributed by atoms with Gasteiger partial charge >= 0.3 is 12.0 Å². The van der Waals surface area contributed by atoms with Gasteiger partial charge in [-0.15, -0.1) is 0 Å². The Hall–Kier alpha value is -2.14. The van der Waals surface area contributed by atoms with Crippen LogP contribution >= 0.6 is 11.8 Å². The number of carboxylic acid groups (broad SMARTS) is 1. The Balaban J connectivity index is 0.000000236. The molecule has 3 aliphatic heterocycles. The summed E-state index contributed by atoms with van der Waals surface area (Å²) in [4.78, 5) is 42.1. The molecule has 3 aliphatic rings. The molecular weight excluding hydrogens is 352 g/mol. The fraction of sp³-hybridized carbons (Fsp3) is 0.643. The number of nitrogens with one attached hydrogen (secondary N) is 3. The van der Waals surface area contributed by atoms with Gasteiger partial charge in [-0.1, -0.05) is 0 Å². The molecule has 138 valence electrons. The first-order chi connectivity index (χ1) is 11.8. The van der Waals surface area contributed by atoms with Crippen molar-refractivity contribution in [2.45, 2.75) is 49.4 Å². The summed E-state index contributed by atoms with van der Waals surface area (Å²) in [5, 5.41) is 30.4. The van der Waals surface area contributed by atoms with Crippen molar-refractivity contribution in [1.82, 2.24) is 15.7 Å². The maximum Gasteiger partial charge on any atom is 0.349 e. The number of hydrogen-bond donors (Lipinski definition) is 5. The van der Waals surface area contributed by atoms with Gasteiger partial charge in [0.2, 0.25) is 0 Å². The molecule has 0 unspecified atom stereocenters. The molecule has 3 rings (SSSR count). The number of rotatable bonds is 5. The van der Waals surface area contributed by atoms with Crippen molar-refractivity contribution in [3.8, 4) is 0 Å². The molecule has 0 aromatic heterocycles. The SMILES string of the molecule is N=C(CCC[C@@H]1SC[C@@H]2NC(=O)N[C@@H]21)C(=O)O.O=C1CCC(=O)N1O. The highest BCUT2D eigenvalue weighted by Crippen LogP contribution is 2.33. The molecule has 3 saturated heterocycles. The number of amides is 4. The van der Waals surface area contributed by atoms with E-state index < -0.39 is 17.8 Å². The van der Waals surface area contributed by atoms with Gasteiger partial charge in [-0.05, 0) is 19.3 Å². The van der Waals surface area contributed by atoms with Crippen LogP contribution in [0.15, 0.2) is 0 Å². The maximum absolute atomic E-state index is 11.1. The lowest BCUT2D eigenvalue weighted by Gasteiger charge is -2.16. The van der Waals surface area contributed by atoms with Crippen molar-refractivity contribution >= 4 is 41.3 Å². The van der Waals surface area contributed by atoms with Crippen LogP contribution in [0.2, 0.25) is 0 Å². The molecule has 5 N–H and O–H groups in total. The van der Waals surface area contributed by atoms with Gasteiger partial charge in [0.05, 0.1) is 12.1 Å². The predicted octanol–water partition coefficient (Wildman–Crippen LogP) is -0.0489. The zero-order chi connectivity index (χ0) is 18.6. The van der Waals surface area contributed by atoms with Crippen LogP contribution in [0.1, 0.15) is 32.1 Å². The molecule has 25 heavy (non-hydrogen) atoms. The third-order valence-electron chi connectivity index (χ3n) is 4.14. The summed E-state index contributed by atoms with van der Waals surface area (Å²) in [6, 6.07) is 0.256. The molecule has 3 heterocycles. The summed E-state index contributed by atoms with van der Waals surface area (Å²) in [6.07, 6.45) is 2.11. The third-order valence-corrected chi connectivity index (χ3v) is 5.65. The van der Waals surface area contributed by atoms with Crippen molar-refractivity contribution in [2.75, 3.05) is 5.75 Å². The normalized spacial score (nSPS) is 27.3.